The minimum atomic E-state index is -4.94. The number of aliphatic hydroxyl groups is 2. The topological polar surface area (TPSA) is 231 Å². The third-order valence-corrected chi connectivity index (χ3v) is 18.6. The van der Waals surface area contributed by atoms with Crippen LogP contribution in [0.1, 0.15) is 316 Å². The minimum absolute atomic E-state index is 0.0844. The summed E-state index contributed by atoms with van der Waals surface area (Å²) >= 11 is 0. The number of hydrogen-bond donors (Lipinski definition) is 4. The van der Waals surface area contributed by atoms with Crippen molar-refractivity contribution in [2.24, 2.45) is 0 Å². The summed E-state index contributed by atoms with van der Waals surface area (Å²) in [6.07, 6.45) is 98.5. The van der Waals surface area contributed by atoms with Gasteiger partial charge in [0.25, 0.3) is 0 Å². The number of phosphoric ester groups is 2. The van der Waals surface area contributed by atoms with Crippen LogP contribution in [0.3, 0.4) is 0 Å². The van der Waals surface area contributed by atoms with E-state index in [1.165, 1.54) is 77.0 Å². The zero-order valence-electron chi connectivity index (χ0n) is 65.6. The average molecular weight is 1510 g/mol. The SMILES string of the molecule is CC/C=C\C/C=C\C/C=C\C/C=C\C/C=C\C/C=C\CCCCCCCCCCC(=O)OCC(O)COP(=O)(O)OCC(O)COP(=O)(O)OCC(COC(=O)CCCCCCCCCCCCC/C=C\C/C=C\C/C=C\C/C=C\C/C=C\CC)OC(=O)CCCCCCC/C=C\C/C=C\CCCCC. The molecule has 600 valence electrons. The molecule has 0 spiro atoms. The third-order valence-electron chi connectivity index (χ3n) is 16.7. The molecule has 0 heterocycles. The van der Waals surface area contributed by atoms with Crippen LogP contribution in [0.25, 0.3) is 0 Å². The lowest BCUT2D eigenvalue weighted by molar-refractivity contribution is -0.161. The second-order valence-corrected chi connectivity index (χ2v) is 29.7. The Bertz CT molecular complexity index is 2540. The Morgan fingerprint density at radius 3 is 0.800 bits per heavy atom. The highest BCUT2D eigenvalue weighted by Crippen LogP contribution is 2.45. The lowest BCUT2D eigenvalue weighted by Gasteiger charge is -2.21. The standard InChI is InChI=1S/C87H146O16P2/c1-4-7-10-13-16-19-22-25-28-30-32-34-36-38-40-42-44-46-48-50-53-55-58-61-64-67-70-73-85(90)97-76-82(88)77-99-104(93,94)100-78-83(89)79-101-105(95,96)102-81-84(103-87(92)75-72-69-66-63-60-57-52-27-24-21-18-15-12-9-6-3)80-98-86(91)74-71-68-65-62-59-56-54-51-49-47-45-43-41-39-37-35-33-31-29-26-23-20-17-14-11-8-5-2/h7-8,10-11,16-21,25-29,32-35,38-41,44,46,52,82-84,88-89H,4-6,9,12-15,22-24,30-31,36-37,42-43,45,47-51,53-81H2,1-3H3,(H,93,94)(H,95,96)/b10-7-,11-8-,19-16-,20-17-,21-18-,28-25-,29-26-,34-32-,35-33-,40-38-,41-39-,46-44-,52-27-. The van der Waals surface area contributed by atoms with Crippen LogP contribution in [0.2, 0.25) is 0 Å². The van der Waals surface area contributed by atoms with Crippen LogP contribution >= 0.6 is 15.6 Å². The van der Waals surface area contributed by atoms with Crippen LogP contribution in [0.5, 0.6) is 0 Å². The monoisotopic (exact) mass is 1510 g/mol. The first-order valence-corrected chi connectivity index (χ1v) is 43.8. The maximum absolute atomic E-state index is 13.0. The van der Waals surface area contributed by atoms with Gasteiger partial charge in [0.15, 0.2) is 6.10 Å². The first kappa shape index (κ1) is 100. The molecule has 18 heteroatoms. The fraction of sp³-hybridized carbons (Fsp3) is 0.667. The number of esters is 3. The van der Waals surface area contributed by atoms with Crippen molar-refractivity contribution < 1.29 is 75.8 Å². The number of carbonyl (C=O) groups is 3. The summed E-state index contributed by atoms with van der Waals surface area (Å²) in [5.74, 6) is -1.60. The summed E-state index contributed by atoms with van der Waals surface area (Å²) in [6, 6.07) is 0. The number of ether oxygens (including phenoxy) is 3. The highest BCUT2D eigenvalue weighted by Gasteiger charge is 2.29. The van der Waals surface area contributed by atoms with Gasteiger partial charge in [0.05, 0.1) is 26.4 Å². The number of phosphoric acid groups is 2. The maximum atomic E-state index is 13.0. The molecule has 0 aromatic carbocycles. The summed E-state index contributed by atoms with van der Waals surface area (Å²) in [6.45, 7) is 2.40. The van der Waals surface area contributed by atoms with E-state index >= 15 is 0 Å². The van der Waals surface area contributed by atoms with E-state index in [1.807, 2.05) is 0 Å². The molecule has 105 heavy (non-hydrogen) atoms. The van der Waals surface area contributed by atoms with Crippen molar-refractivity contribution in [1.82, 2.24) is 0 Å². The molecule has 5 unspecified atom stereocenters. The van der Waals surface area contributed by atoms with Gasteiger partial charge in [-0.15, -0.1) is 0 Å². The fourth-order valence-corrected chi connectivity index (χ4v) is 12.2. The highest BCUT2D eigenvalue weighted by molar-refractivity contribution is 7.47. The van der Waals surface area contributed by atoms with Gasteiger partial charge in [0.1, 0.15) is 25.4 Å². The summed E-state index contributed by atoms with van der Waals surface area (Å²) < 4.78 is 61.2. The molecular formula is C87H146O16P2. The van der Waals surface area contributed by atoms with Gasteiger partial charge in [-0.3, -0.25) is 32.5 Å². The molecule has 0 rings (SSSR count). The van der Waals surface area contributed by atoms with Crippen LogP contribution in [0, 0.1) is 0 Å². The molecule has 0 amide bonds. The van der Waals surface area contributed by atoms with Crippen LogP contribution in [0.4, 0.5) is 0 Å². The van der Waals surface area contributed by atoms with Gasteiger partial charge in [-0.2, -0.15) is 0 Å². The minimum Gasteiger partial charge on any atom is -0.463 e. The number of hydrogen-bond acceptors (Lipinski definition) is 14. The van der Waals surface area contributed by atoms with E-state index in [2.05, 4.69) is 179 Å². The van der Waals surface area contributed by atoms with Gasteiger partial charge in [0.2, 0.25) is 0 Å². The van der Waals surface area contributed by atoms with E-state index in [-0.39, 0.29) is 19.3 Å². The van der Waals surface area contributed by atoms with E-state index in [4.69, 9.17) is 32.3 Å². The Morgan fingerprint density at radius 1 is 0.276 bits per heavy atom. The van der Waals surface area contributed by atoms with Crippen molar-refractivity contribution in [1.29, 1.82) is 0 Å². The quantitative estimate of drug-likeness (QED) is 0.0146. The van der Waals surface area contributed by atoms with E-state index in [0.717, 1.165) is 180 Å². The van der Waals surface area contributed by atoms with Crippen LogP contribution in [0.15, 0.2) is 158 Å². The van der Waals surface area contributed by atoms with Gasteiger partial charge < -0.3 is 34.2 Å². The lowest BCUT2D eigenvalue weighted by atomic mass is 10.0. The first-order valence-electron chi connectivity index (χ1n) is 40.8. The number of carbonyl (C=O) groups excluding carboxylic acids is 3. The number of allylic oxidation sites excluding steroid dienone is 26. The van der Waals surface area contributed by atoms with E-state index in [0.29, 0.717) is 19.3 Å². The van der Waals surface area contributed by atoms with Crippen LogP contribution in [-0.4, -0.2) is 95.9 Å². The maximum Gasteiger partial charge on any atom is 0.472 e. The van der Waals surface area contributed by atoms with Gasteiger partial charge >= 0.3 is 33.6 Å². The molecule has 0 aliphatic rings. The van der Waals surface area contributed by atoms with Gasteiger partial charge in [-0.05, 0) is 148 Å². The van der Waals surface area contributed by atoms with Crippen molar-refractivity contribution in [3.05, 3.63) is 158 Å². The molecule has 0 radical (unpaired) electrons. The van der Waals surface area contributed by atoms with Crippen LogP contribution in [-0.2, 0) is 55.8 Å². The second kappa shape index (κ2) is 78.7. The average Bonchev–Trinajstić information content (AvgIpc) is 0.942. The Balaban J connectivity index is 4.59. The Morgan fingerprint density at radius 2 is 0.505 bits per heavy atom. The molecule has 5 atom stereocenters. The molecule has 0 aliphatic carbocycles. The molecule has 4 N–H and O–H groups in total. The number of aliphatic hydroxyl groups excluding tert-OH is 2. The van der Waals surface area contributed by atoms with Gasteiger partial charge in [-0.1, -0.05) is 307 Å². The van der Waals surface area contributed by atoms with Gasteiger partial charge in [-0.25, -0.2) is 9.13 Å². The Labute approximate surface area is 638 Å². The number of rotatable bonds is 76. The molecule has 0 fully saturated rings. The van der Waals surface area contributed by atoms with E-state index in [1.54, 1.807) is 0 Å². The third kappa shape index (κ3) is 80.0. The molecule has 0 saturated heterocycles. The first-order chi connectivity index (χ1) is 51.2. The Kier molecular flexibility index (Phi) is 75.1. The second-order valence-electron chi connectivity index (χ2n) is 26.8. The van der Waals surface area contributed by atoms with Crippen molar-refractivity contribution in [2.45, 2.75) is 334 Å². The van der Waals surface area contributed by atoms with Crippen molar-refractivity contribution in [3.63, 3.8) is 0 Å². The molecule has 0 saturated carbocycles. The fourth-order valence-electron chi connectivity index (χ4n) is 10.6. The summed E-state index contributed by atoms with van der Waals surface area (Å²) in [7, 11) is -9.81. The summed E-state index contributed by atoms with van der Waals surface area (Å²) in [4.78, 5) is 58.7. The predicted molar refractivity (Wildman–Crippen MR) is 435 cm³/mol. The van der Waals surface area contributed by atoms with Gasteiger partial charge in [0, 0.05) is 19.3 Å². The van der Waals surface area contributed by atoms with Crippen molar-refractivity contribution in [2.75, 3.05) is 39.6 Å². The Hall–Kier alpha value is -4.83. The molecular weight excluding hydrogens is 1360 g/mol. The summed E-state index contributed by atoms with van der Waals surface area (Å²) in [5, 5.41) is 20.7. The summed E-state index contributed by atoms with van der Waals surface area (Å²) in [5.41, 5.74) is 0. The van der Waals surface area contributed by atoms with Crippen molar-refractivity contribution in [3.8, 4) is 0 Å². The lowest BCUT2D eigenvalue weighted by Crippen LogP contribution is -2.30. The van der Waals surface area contributed by atoms with E-state index in [9.17, 15) is 43.5 Å². The normalized spacial score (nSPS) is 14.8. The molecule has 0 aromatic rings. The van der Waals surface area contributed by atoms with E-state index < -0.39 is 91.5 Å². The molecule has 0 bridgehead atoms. The molecule has 0 aliphatic heterocycles. The highest BCUT2D eigenvalue weighted by atomic mass is 31.2. The largest absolute Gasteiger partial charge is 0.472 e. The smallest absolute Gasteiger partial charge is 0.463 e. The number of unbranched alkanes of at least 4 members (excludes halogenated alkanes) is 27. The zero-order chi connectivity index (χ0) is 76.6. The van der Waals surface area contributed by atoms with Crippen LogP contribution < -0.4 is 0 Å². The van der Waals surface area contributed by atoms with Crippen molar-refractivity contribution >= 4 is 33.6 Å². The zero-order valence-corrected chi connectivity index (χ0v) is 67.4. The predicted octanol–water partition coefficient (Wildman–Crippen LogP) is 24.2. The molecule has 16 nitrogen and oxygen atoms in total. The molecule has 0 aromatic heterocycles.